The van der Waals surface area contributed by atoms with Crippen LogP contribution in [0.1, 0.15) is 49.0 Å². The van der Waals surface area contributed by atoms with Crippen molar-refractivity contribution in [1.29, 1.82) is 0 Å². The number of nitrogens with zero attached hydrogens (tertiary/aromatic N) is 5. The Hall–Kier alpha value is -1.95. The molecule has 1 saturated heterocycles. The summed E-state index contributed by atoms with van der Waals surface area (Å²) in [5.74, 6) is 0.569. The lowest BCUT2D eigenvalue weighted by Crippen LogP contribution is -2.35. The first kappa shape index (κ1) is 16.5. The summed E-state index contributed by atoms with van der Waals surface area (Å²) < 4.78 is 2.05. The molecule has 3 heterocycles. The number of aromatic nitrogens is 3. The maximum atomic E-state index is 12.9. The molecule has 1 saturated carbocycles. The Bertz CT molecular complexity index is 777. The van der Waals surface area contributed by atoms with E-state index in [4.69, 9.17) is 0 Å². The van der Waals surface area contributed by atoms with Crippen molar-refractivity contribution in [1.82, 2.24) is 24.6 Å². The fourth-order valence-corrected chi connectivity index (χ4v) is 4.44. The van der Waals surface area contributed by atoms with Gasteiger partial charge in [-0.05, 0) is 38.9 Å². The standard InChI is InChI=1S/C19H27N5O/c1-13-11-23(12-17(13)22(2)3)19(25)15-8-14-10-21-24(18(14)20-9-15)16-6-4-5-7-16/h8-10,13,16-17H,4-7,11-12H2,1-3H3/t13-,17+/m0/s1. The Morgan fingerprint density at radius 1 is 1.20 bits per heavy atom. The van der Waals surface area contributed by atoms with Crippen LogP contribution in [0.4, 0.5) is 0 Å². The van der Waals surface area contributed by atoms with Crippen molar-refractivity contribution in [2.24, 2.45) is 5.92 Å². The summed E-state index contributed by atoms with van der Waals surface area (Å²) in [6, 6.07) is 2.84. The predicted molar refractivity (Wildman–Crippen MR) is 97.6 cm³/mol. The van der Waals surface area contributed by atoms with Crippen LogP contribution in [0.2, 0.25) is 0 Å². The number of likely N-dealkylation sites (tertiary alicyclic amines) is 1. The number of carbonyl (C=O) groups excluding carboxylic acids is 1. The van der Waals surface area contributed by atoms with E-state index in [1.54, 1.807) is 6.20 Å². The lowest BCUT2D eigenvalue weighted by molar-refractivity contribution is 0.0781. The molecule has 1 aliphatic carbocycles. The average Bonchev–Trinajstić information content (AvgIpc) is 3.32. The molecule has 0 N–H and O–H groups in total. The van der Waals surface area contributed by atoms with Gasteiger partial charge in [-0.25, -0.2) is 9.67 Å². The molecule has 2 fully saturated rings. The molecule has 2 aromatic heterocycles. The van der Waals surface area contributed by atoms with E-state index in [-0.39, 0.29) is 5.91 Å². The van der Waals surface area contributed by atoms with Crippen LogP contribution in [0.3, 0.4) is 0 Å². The third-order valence-electron chi connectivity index (χ3n) is 5.87. The zero-order chi connectivity index (χ0) is 17.6. The van der Waals surface area contributed by atoms with Gasteiger partial charge in [0, 0.05) is 30.7 Å². The fourth-order valence-electron chi connectivity index (χ4n) is 4.44. The second-order valence-electron chi connectivity index (χ2n) is 7.88. The number of amides is 1. The first-order valence-electron chi connectivity index (χ1n) is 9.33. The van der Waals surface area contributed by atoms with Gasteiger partial charge in [0.15, 0.2) is 5.65 Å². The second kappa shape index (κ2) is 6.41. The van der Waals surface area contributed by atoms with Crippen molar-refractivity contribution in [3.05, 3.63) is 24.0 Å². The molecule has 0 spiro atoms. The van der Waals surface area contributed by atoms with Gasteiger partial charge >= 0.3 is 0 Å². The van der Waals surface area contributed by atoms with Crippen molar-refractivity contribution < 1.29 is 4.79 Å². The van der Waals surface area contributed by atoms with Crippen LogP contribution in [-0.4, -0.2) is 63.7 Å². The van der Waals surface area contributed by atoms with E-state index >= 15 is 0 Å². The zero-order valence-electron chi connectivity index (χ0n) is 15.4. The van der Waals surface area contributed by atoms with E-state index in [0.717, 1.165) is 24.1 Å². The van der Waals surface area contributed by atoms with Crippen LogP contribution in [0.25, 0.3) is 11.0 Å². The largest absolute Gasteiger partial charge is 0.337 e. The van der Waals surface area contributed by atoms with Gasteiger partial charge in [0.1, 0.15) is 0 Å². The van der Waals surface area contributed by atoms with E-state index < -0.39 is 0 Å². The third-order valence-corrected chi connectivity index (χ3v) is 5.87. The number of carbonyl (C=O) groups is 1. The Morgan fingerprint density at radius 2 is 1.96 bits per heavy atom. The highest BCUT2D eigenvalue weighted by Gasteiger charge is 2.34. The van der Waals surface area contributed by atoms with Crippen molar-refractivity contribution in [2.45, 2.75) is 44.7 Å². The van der Waals surface area contributed by atoms with Crippen LogP contribution in [-0.2, 0) is 0 Å². The monoisotopic (exact) mass is 341 g/mol. The quantitative estimate of drug-likeness (QED) is 0.861. The van der Waals surface area contributed by atoms with Gasteiger partial charge in [0.05, 0.1) is 17.8 Å². The topological polar surface area (TPSA) is 54.3 Å². The molecule has 0 radical (unpaired) electrons. The predicted octanol–water partition coefficient (Wildman–Crippen LogP) is 2.57. The van der Waals surface area contributed by atoms with Gasteiger partial charge in [-0.15, -0.1) is 0 Å². The van der Waals surface area contributed by atoms with Crippen LogP contribution < -0.4 is 0 Å². The highest BCUT2D eigenvalue weighted by Crippen LogP contribution is 2.31. The summed E-state index contributed by atoms with van der Waals surface area (Å²) in [7, 11) is 4.17. The Balaban J connectivity index is 1.57. The molecule has 4 rings (SSSR count). The Morgan fingerprint density at radius 3 is 2.64 bits per heavy atom. The molecule has 2 aliphatic rings. The number of fused-ring (bicyclic) bond motifs is 1. The highest BCUT2D eigenvalue weighted by molar-refractivity contribution is 5.97. The summed E-state index contributed by atoms with van der Waals surface area (Å²) in [4.78, 5) is 21.7. The SMILES string of the molecule is C[C@H]1CN(C(=O)c2cnc3c(cnn3C3CCCC3)c2)C[C@H]1N(C)C. The normalized spacial score (nSPS) is 24.7. The third kappa shape index (κ3) is 2.92. The molecule has 0 unspecified atom stereocenters. The van der Waals surface area contributed by atoms with E-state index in [1.807, 2.05) is 17.2 Å². The van der Waals surface area contributed by atoms with Crippen molar-refractivity contribution in [3.8, 4) is 0 Å². The van der Waals surface area contributed by atoms with Crippen LogP contribution >= 0.6 is 0 Å². The molecule has 2 atom stereocenters. The lowest BCUT2D eigenvalue weighted by Gasteiger charge is -2.22. The lowest BCUT2D eigenvalue weighted by atomic mass is 10.1. The average molecular weight is 341 g/mol. The summed E-state index contributed by atoms with van der Waals surface area (Å²) in [6.45, 7) is 3.80. The molecule has 1 amide bonds. The van der Waals surface area contributed by atoms with Gasteiger partial charge in [-0.2, -0.15) is 5.10 Å². The zero-order valence-corrected chi connectivity index (χ0v) is 15.4. The van der Waals surface area contributed by atoms with Crippen molar-refractivity contribution in [2.75, 3.05) is 27.2 Å². The maximum absolute atomic E-state index is 12.9. The van der Waals surface area contributed by atoms with Crippen molar-refractivity contribution >= 4 is 16.9 Å². The fraction of sp³-hybridized carbons (Fsp3) is 0.632. The van der Waals surface area contributed by atoms with Crippen LogP contribution in [0.15, 0.2) is 18.5 Å². The minimum Gasteiger partial charge on any atom is -0.337 e. The van der Waals surface area contributed by atoms with Gasteiger partial charge < -0.3 is 9.80 Å². The van der Waals surface area contributed by atoms with Gasteiger partial charge in [-0.1, -0.05) is 19.8 Å². The molecule has 0 aromatic carbocycles. The smallest absolute Gasteiger partial charge is 0.255 e. The Kier molecular flexibility index (Phi) is 4.23. The van der Waals surface area contributed by atoms with Gasteiger partial charge in [-0.3, -0.25) is 4.79 Å². The van der Waals surface area contributed by atoms with Crippen LogP contribution in [0, 0.1) is 5.92 Å². The molecule has 25 heavy (non-hydrogen) atoms. The van der Waals surface area contributed by atoms with E-state index in [0.29, 0.717) is 23.6 Å². The first-order chi connectivity index (χ1) is 12.0. The van der Waals surface area contributed by atoms with E-state index in [9.17, 15) is 4.79 Å². The summed E-state index contributed by atoms with van der Waals surface area (Å²) in [6.07, 6.45) is 8.47. The molecule has 1 aliphatic heterocycles. The maximum Gasteiger partial charge on any atom is 0.255 e. The summed E-state index contributed by atoms with van der Waals surface area (Å²) >= 11 is 0. The van der Waals surface area contributed by atoms with Gasteiger partial charge in [0.25, 0.3) is 5.91 Å². The Labute approximate surface area is 148 Å². The van der Waals surface area contributed by atoms with E-state index in [1.165, 1.54) is 25.7 Å². The number of hydrogen-bond donors (Lipinski definition) is 0. The highest BCUT2D eigenvalue weighted by atomic mass is 16.2. The second-order valence-corrected chi connectivity index (χ2v) is 7.88. The van der Waals surface area contributed by atoms with Crippen molar-refractivity contribution in [3.63, 3.8) is 0 Å². The van der Waals surface area contributed by atoms with Crippen LogP contribution in [0.5, 0.6) is 0 Å². The van der Waals surface area contributed by atoms with E-state index in [2.05, 4.69) is 40.7 Å². The minimum atomic E-state index is 0.0826. The molecular weight excluding hydrogens is 314 g/mol. The molecule has 6 heteroatoms. The molecular formula is C19H27N5O. The molecule has 0 bridgehead atoms. The number of likely N-dealkylation sites (N-methyl/N-ethyl adjacent to an activating group) is 1. The molecule has 6 nitrogen and oxygen atoms in total. The molecule has 134 valence electrons. The summed E-state index contributed by atoms with van der Waals surface area (Å²) in [5, 5.41) is 5.51. The first-order valence-corrected chi connectivity index (χ1v) is 9.33. The number of hydrogen-bond acceptors (Lipinski definition) is 4. The summed E-state index contributed by atoms with van der Waals surface area (Å²) in [5.41, 5.74) is 1.58. The number of pyridine rings is 1. The number of rotatable bonds is 3. The molecule has 2 aromatic rings. The minimum absolute atomic E-state index is 0.0826. The van der Waals surface area contributed by atoms with Gasteiger partial charge in [0.2, 0.25) is 0 Å².